The number of rotatable bonds is 3. The Labute approximate surface area is 133 Å². The summed E-state index contributed by atoms with van der Waals surface area (Å²) in [7, 11) is 1.31. The van der Waals surface area contributed by atoms with Crippen molar-refractivity contribution in [2.24, 2.45) is 0 Å². The Morgan fingerprint density at radius 3 is 2.36 bits per heavy atom. The Morgan fingerprint density at radius 1 is 1.05 bits per heavy atom. The minimum Gasteiger partial charge on any atom is -0.465 e. The molecule has 0 heterocycles. The topological polar surface area (TPSA) is 67.4 Å². The average Bonchev–Trinajstić information content (AvgIpc) is 2.51. The van der Waals surface area contributed by atoms with Crippen LogP contribution in [0.25, 0.3) is 0 Å². The molecular weight excluding hydrogens is 304 g/mol. The molecule has 0 radical (unpaired) electrons. The average molecular weight is 319 g/mol. The van der Waals surface area contributed by atoms with Crippen molar-refractivity contribution in [3.8, 4) is 0 Å². The Hall–Kier alpha value is -2.53. The molecule has 2 N–H and O–H groups in total. The first-order chi connectivity index (χ1) is 10.5. The van der Waals surface area contributed by atoms with E-state index in [-0.39, 0.29) is 0 Å². The summed E-state index contributed by atoms with van der Waals surface area (Å²) in [6.07, 6.45) is 0. The van der Waals surface area contributed by atoms with Gasteiger partial charge in [0, 0.05) is 16.4 Å². The van der Waals surface area contributed by atoms with Crippen LogP contribution in [-0.4, -0.2) is 19.1 Å². The van der Waals surface area contributed by atoms with E-state index in [0.29, 0.717) is 22.0 Å². The highest BCUT2D eigenvalue weighted by molar-refractivity contribution is 6.30. The largest absolute Gasteiger partial charge is 0.465 e. The van der Waals surface area contributed by atoms with Gasteiger partial charge in [-0.25, -0.2) is 9.59 Å². The molecule has 0 aliphatic carbocycles. The van der Waals surface area contributed by atoms with E-state index < -0.39 is 12.0 Å². The fraction of sp³-hybridized carbons (Fsp3) is 0.125. The van der Waals surface area contributed by atoms with Gasteiger partial charge in [0.2, 0.25) is 0 Å². The predicted molar refractivity (Wildman–Crippen MR) is 86.6 cm³/mol. The summed E-state index contributed by atoms with van der Waals surface area (Å²) in [6, 6.07) is 11.3. The number of urea groups is 1. The van der Waals surface area contributed by atoms with Crippen molar-refractivity contribution in [1.82, 2.24) is 0 Å². The van der Waals surface area contributed by atoms with Crippen LogP contribution in [-0.2, 0) is 4.74 Å². The number of ether oxygens (including phenoxy) is 1. The number of amides is 2. The Kier molecular flexibility index (Phi) is 5.01. The third-order valence-electron chi connectivity index (χ3n) is 3.01. The van der Waals surface area contributed by atoms with Crippen molar-refractivity contribution in [1.29, 1.82) is 0 Å². The normalized spacial score (nSPS) is 9.95. The number of halogens is 1. The van der Waals surface area contributed by atoms with E-state index >= 15 is 0 Å². The smallest absolute Gasteiger partial charge is 0.337 e. The summed E-state index contributed by atoms with van der Waals surface area (Å²) in [5.74, 6) is -0.457. The fourth-order valence-electron chi connectivity index (χ4n) is 1.82. The minimum atomic E-state index is -0.457. The van der Waals surface area contributed by atoms with Gasteiger partial charge in [-0.2, -0.15) is 0 Å². The quantitative estimate of drug-likeness (QED) is 0.838. The van der Waals surface area contributed by atoms with E-state index in [1.807, 2.05) is 6.92 Å². The molecule has 0 atom stereocenters. The van der Waals surface area contributed by atoms with E-state index in [4.69, 9.17) is 11.6 Å². The zero-order valence-corrected chi connectivity index (χ0v) is 12.9. The van der Waals surface area contributed by atoms with E-state index in [0.717, 1.165) is 5.56 Å². The summed E-state index contributed by atoms with van der Waals surface area (Å²) in [6.45, 7) is 1.83. The lowest BCUT2D eigenvalue weighted by Crippen LogP contribution is -2.20. The molecule has 2 aromatic rings. The summed E-state index contributed by atoms with van der Waals surface area (Å²) in [4.78, 5) is 23.5. The van der Waals surface area contributed by atoms with Crippen molar-refractivity contribution in [3.63, 3.8) is 0 Å². The fourth-order valence-corrected chi connectivity index (χ4v) is 1.95. The molecule has 2 aromatic carbocycles. The van der Waals surface area contributed by atoms with Gasteiger partial charge >= 0.3 is 12.0 Å². The van der Waals surface area contributed by atoms with Gasteiger partial charge < -0.3 is 15.4 Å². The second-order valence-corrected chi connectivity index (χ2v) is 5.04. The van der Waals surface area contributed by atoms with E-state index in [1.54, 1.807) is 42.5 Å². The molecule has 2 rings (SSSR count). The third-order valence-corrected chi connectivity index (χ3v) is 3.26. The molecule has 6 heteroatoms. The second kappa shape index (κ2) is 6.95. The molecule has 0 bridgehead atoms. The molecule has 2 amide bonds. The van der Waals surface area contributed by atoms with E-state index in [2.05, 4.69) is 15.4 Å². The Morgan fingerprint density at radius 2 is 1.73 bits per heavy atom. The molecule has 0 saturated carbocycles. The molecule has 0 fully saturated rings. The van der Waals surface area contributed by atoms with Crippen LogP contribution in [0.2, 0.25) is 5.02 Å². The number of benzene rings is 2. The maximum atomic E-state index is 12.0. The van der Waals surface area contributed by atoms with E-state index in [1.165, 1.54) is 7.11 Å². The van der Waals surface area contributed by atoms with Crippen molar-refractivity contribution >= 4 is 35.0 Å². The number of hydrogen-bond acceptors (Lipinski definition) is 3. The number of aryl methyl sites for hydroxylation is 1. The van der Waals surface area contributed by atoms with Gasteiger partial charge in [0.15, 0.2) is 0 Å². The summed E-state index contributed by atoms with van der Waals surface area (Å²) in [5, 5.41) is 5.97. The van der Waals surface area contributed by atoms with Gasteiger partial charge in [-0.15, -0.1) is 0 Å². The Balaban J connectivity index is 2.10. The zero-order chi connectivity index (χ0) is 16.1. The molecule has 0 aliphatic rings. The molecule has 22 heavy (non-hydrogen) atoms. The van der Waals surface area contributed by atoms with Crippen molar-refractivity contribution < 1.29 is 14.3 Å². The highest BCUT2D eigenvalue weighted by Crippen LogP contribution is 2.18. The van der Waals surface area contributed by atoms with Gasteiger partial charge in [0.05, 0.1) is 12.7 Å². The summed E-state index contributed by atoms with van der Waals surface area (Å²) < 4.78 is 4.66. The van der Waals surface area contributed by atoms with Crippen molar-refractivity contribution in [3.05, 3.63) is 58.6 Å². The number of carbonyl (C=O) groups is 2. The van der Waals surface area contributed by atoms with Gasteiger partial charge in [-0.1, -0.05) is 17.7 Å². The molecule has 0 unspecified atom stereocenters. The van der Waals surface area contributed by atoms with Crippen LogP contribution in [0.1, 0.15) is 15.9 Å². The molecule has 0 spiro atoms. The first-order valence-corrected chi connectivity index (χ1v) is 6.90. The van der Waals surface area contributed by atoms with Crippen LogP contribution >= 0.6 is 11.6 Å². The summed E-state index contributed by atoms with van der Waals surface area (Å²) >= 11 is 5.79. The zero-order valence-electron chi connectivity index (χ0n) is 12.1. The van der Waals surface area contributed by atoms with Crippen LogP contribution in [0.3, 0.4) is 0 Å². The summed E-state index contributed by atoms with van der Waals surface area (Å²) in [5.41, 5.74) is 2.35. The maximum absolute atomic E-state index is 12.0. The van der Waals surface area contributed by atoms with Crippen LogP contribution in [0.5, 0.6) is 0 Å². The van der Waals surface area contributed by atoms with Crippen LogP contribution in [0.15, 0.2) is 42.5 Å². The highest BCUT2D eigenvalue weighted by atomic mass is 35.5. The Bertz CT molecular complexity index is 699. The van der Waals surface area contributed by atoms with E-state index in [9.17, 15) is 9.59 Å². The molecular formula is C16H15ClN2O3. The third kappa shape index (κ3) is 3.99. The predicted octanol–water partition coefficient (Wildman–Crippen LogP) is 4.08. The number of methoxy groups -OCH3 is 1. The SMILES string of the molecule is COC(=O)c1ccc(C)c(NC(=O)Nc2ccc(Cl)cc2)c1. The van der Waals surface area contributed by atoms with Crippen LogP contribution in [0.4, 0.5) is 16.2 Å². The lowest BCUT2D eigenvalue weighted by molar-refractivity contribution is 0.0600. The van der Waals surface area contributed by atoms with Gasteiger partial charge in [-0.3, -0.25) is 0 Å². The number of hydrogen-bond donors (Lipinski definition) is 2. The van der Waals surface area contributed by atoms with Crippen molar-refractivity contribution in [2.45, 2.75) is 6.92 Å². The number of anilines is 2. The molecule has 0 aromatic heterocycles. The molecule has 0 saturated heterocycles. The molecule has 5 nitrogen and oxygen atoms in total. The first-order valence-electron chi connectivity index (χ1n) is 6.52. The number of carbonyl (C=O) groups excluding carboxylic acids is 2. The highest BCUT2D eigenvalue weighted by Gasteiger charge is 2.10. The second-order valence-electron chi connectivity index (χ2n) is 4.61. The number of esters is 1. The van der Waals surface area contributed by atoms with Crippen LogP contribution < -0.4 is 10.6 Å². The lowest BCUT2D eigenvalue weighted by Gasteiger charge is -2.11. The van der Waals surface area contributed by atoms with Crippen molar-refractivity contribution in [2.75, 3.05) is 17.7 Å². The monoisotopic (exact) mass is 318 g/mol. The molecule has 114 valence electrons. The standard InChI is InChI=1S/C16H15ClN2O3/c1-10-3-4-11(15(20)22-2)9-14(10)19-16(21)18-13-7-5-12(17)6-8-13/h3-9H,1-2H3,(H2,18,19,21). The molecule has 0 aliphatic heterocycles. The van der Waals surface area contributed by atoms with Gasteiger partial charge in [-0.05, 0) is 48.9 Å². The lowest BCUT2D eigenvalue weighted by atomic mass is 10.1. The first kappa shape index (κ1) is 15.9. The minimum absolute atomic E-state index is 0.370. The van der Waals surface area contributed by atoms with Gasteiger partial charge in [0.1, 0.15) is 0 Å². The number of nitrogens with one attached hydrogen (secondary N) is 2. The van der Waals surface area contributed by atoms with Crippen LogP contribution in [0, 0.1) is 6.92 Å². The van der Waals surface area contributed by atoms with Gasteiger partial charge in [0.25, 0.3) is 0 Å². The maximum Gasteiger partial charge on any atom is 0.337 e.